The molecule has 3 aromatic carbocycles. The van der Waals surface area contributed by atoms with Crippen LogP contribution in [0.4, 0.5) is 0 Å². The zero-order valence-corrected chi connectivity index (χ0v) is 16.6. The SMILES string of the molecule is C#Cc1ccc(C#C)cc1.c1ccc2scnc2c1.c1ccc2scnc2c1. The summed E-state index contributed by atoms with van der Waals surface area (Å²) in [6, 6.07) is 23.6. The number of terminal acetylenes is 2. The van der Waals surface area contributed by atoms with Crippen LogP contribution in [-0.2, 0) is 0 Å². The molecule has 4 heteroatoms. The van der Waals surface area contributed by atoms with E-state index in [0.717, 1.165) is 22.2 Å². The standard InChI is InChI=1S/C10H6.2C7H5NS/c1-3-9-5-7-10(4-2)8-6-9;2*1-2-4-7-6(3-1)8-5-9-7/h1-2,5-8H;2*1-5H. The maximum atomic E-state index is 5.14. The van der Waals surface area contributed by atoms with Gasteiger partial charge in [0.2, 0.25) is 0 Å². The van der Waals surface area contributed by atoms with Crippen molar-refractivity contribution in [1.29, 1.82) is 0 Å². The predicted molar refractivity (Wildman–Crippen MR) is 122 cm³/mol. The van der Waals surface area contributed by atoms with Gasteiger partial charge in [-0.05, 0) is 48.5 Å². The Kier molecular flexibility index (Phi) is 6.93. The minimum Gasteiger partial charge on any atom is -0.245 e. The fourth-order valence-electron chi connectivity index (χ4n) is 2.27. The fourth-order valence-corrected chi connectivity index (χ4v) is 3.63. The summed E-state index contributed by atoms with van der Waals surface area (Å²) in [5.41, 5.74) is 7.65. The first-order chi connectivity index (χ1) is 13.8. The maximum Gasteiger partial charge on any atom is 0.0812 e. The van der Waals surface area contributed by atoms with Gasteiger partial charge in [-0.2, -0.15) is 0 Å². The Morgan fingerprint density at radius 1 is 0.571 bits per heavy atom. The van der Waals surface area contributed by atoms with E-state index >= 15 is 0 Å². The molecule has 0 saturated carbocycles. The summed E-state index contributed by atoms with van der Waals surface area (Å²) < 4.78 is 2.52. The number of rotatable bonds is 0. The number of thiazole rings is 2. The molecule has 5 aromatic rings. The molecule has 0 radical (unpaired) electrons. The highest BCUT2D eigenvalue weighted by atomic mass is 32.1. The molecule has 0 amide bonds. The molecular formula is C24H16N2S2. The van der Waals surface area contributed by atoms with Crippen molar-refractivity contribution in [2.75, 3.05) is 0 Å². The average Bonchev–Trinajstić information content (AvgIpc) is 3.44. The summed E-state index contributed by atoms with van der Waals surface area (Å²) in [5, 5.41) is 0. The largest absolute Gasteiger partial charge is 0.245 e. The molecule has 0 unspecified atom stereocenters. The number of nitrogens with zero attached hydrogens (tertiary/aromatic N) is 2. The molecule has 0 bridgehead atoms. The third kappa shape index (κ3) is 5.28. The lowest BCUT2D eigenvalue weighted by molar-refractivity contribution is 1.50. The second-order valence-corrected chi connectivity index (χ2v) is 7.28. The summed E-state index contributed by atoms with van der Waals surface area (Å²) in [4.78, 5) is 8.27. The van der Waals surface area contributed by atoms with Gasteiger partial charge in [0.1, 0.15) is 0 Å². The molecule has 2 heterocycles. The highest BCUT2D eigenvalue weighted by Gasteiger charge is 1.90. The van der Waals surface area contributed by atoms with E-state index in [1.54, 1.807) is 22.7 Å². The second-order valence-electron chi connectivity index (χ2n) is 5.51. The molecular weight excluding hydrogens is 380 g/mol. The van der Waals surface area contributed by atoms with Crippen molar-refractivity contribution in [3.8, 4) is 24.7 Å². The highest BCUT2D eigenvalue weighted by molar-refractivity contribution is 7.17. The predicted octanol–water partition coefficient (Wildman–Crippen LogP) is 6.24. The van der Waals surface area contributed by atoms with Crippen molar-refractivity contribution < 1.29 is 0 Å². The van der Waals surface area contributed by atoms with Crippen molar-refractivity contribution in [3.63, 3.8) is 0 Å². The van der Waals surface area contributed by atoms with Gasteiger partial charge in [-0.25, -0.2) is 9.97 Å². The number of hydrogen-bond acceptors (Lipinski definition) is 4. The van der Waals surface area contributed by atoms with Gasteiger partial charge in [-0.1, -0.05) is 36.1 Å². The van der Waals surface area contributed by atoms with Crippen molar-refractivity contribution in [2.45, 2.75) is 0 Å². The summed E-state index contributed by atoms with van der Waals surface area (Å²) >= 11 is 3.35. The molecule has 0 aliphatic heterocycles. The number of benzene rings is 3. The minimum absolute atomic E-state index is 0.860. The first kappa shape index (κ1) is 19.3. The van der Waals surface area contributed by atoms with Crippen molar-refractivity contribution in [2.24, 2.45) is 0 Å². The van der Waals surface area contributed by atoms with Crippen molar-refractivity contribution in [1.82, 2.24) is 9.97 Å². The van der Waals surface area contributed by atoms with Gasteiger partial charge in [-0.3, -0.25) is 0 Å². The Balaban J connectivity index is 0.000000121. The highest BCUT2D eigenvalue weighted by Crippen LogP contribution is 2.16. The van der Waals surface area contributed by atoms with E-state index in [1.165, 1.54) is 9.40 Å². The first-order valence-corrected chi connectivity index (χ1v) is 10.2. The molecule has 0 N–H and O–H groups in total. The van der Waals surface area contributed by atoms with Gasteiger partial charge in [0, 0.05) is 11.1 Å². The van der Waals surface area contributed by atoms with Gasteiger partial charge in [0.15, 0.2) is 0 Å². The third-order valence-electron chi connectivity index (χ3n) is 3.69. The van der Waals surface area contributed by atoms with Crippen LogP contribution in [0.25, 0.3) is 20.4 Å². The lowest BCUT2D eigenvalue weighted by atomic mass is 10.1. The Morgan fingerprint density at radius 2 is 0.964 bits per heavy atom. The Morgan fingerprint density at radius 3 is 1.32 bits per heavy atom. The first-order valence-electron chi connectivity index (χ1n) is 8.40. The lowest BCUT2D eigenvalue weighted by Gasteiger charge is -1.89. The van der Waals surface area contributed by atoms with Gasteiger partial charge < -0.3 is 0 Å². The molecule has 28 heavy (non-hydrogen) atoms. The topological polar surface area (TPSA) is 25.8 Å². The smallest absolute Gasteiger partial charge is 0.0812 e. The van der Waals surface area contributed by atoms with Crippen LogP contribution in [0.2, 0.25) is 0 Å². The van der Waals surface area contributed by atoms with E-state index in [-0.39, 0.29) is 0 Å². The van der Waals surface area contributed by atoms with Gasteiger partial charge in [0.25, 0.3) is 0 Å². The summed E-state index contributed by atoms with van der Waals surface area (Å²) in [5.74, 6) is 5.02. The zero-order valence-electron chi connectivity index (χ0n) is 14.9. The van der Waals surface area contributed by atoms with Crippen molar-refractivity contribution >= 4 is 43.1 Å². The molecule has 0 fully saturated rings. The molecule has 0 atom stereocenters. The van der Waals surface area contributed by atoms with Crippen LogP contribution in [0, 0.1) is 24.7 Å². The molecule has 0 saturated heterocycles. The van der Waals surface area contributed by atoms with Crippen LogP contribution in [0.3, 0.4) is 0 Å². The van der Waals surface area contributed by atoms with Crippen LogP contribution in [0.1, 0.15) is 11.1 Å². The molecule has 0 aliphatic carbocycles. The summed E-state index contributed by atoms with van der Waals surface area (Å²) in [7, 11) is 0. The number of aromatic nitrogens is 2. The molecule has 0 spiro atoms. The van der Waals surface area contributed by atoms with Crippen LogP contribution < -0.4 is 0 Å². The number of hydrogen-bond donors (Lipinski definition) is 0. The van der Waals surface area contributed by atoms with Crippen LogP contribution >= 0.6 is 22.7 Å². The molecule has 0 aliphatic rings. The summed E-state index contributed by atoms with van der Waals surface area (Å²) in [6.07, 6.45) is 10.3. The van der Waals surface area contributed by atoms with Gasteiger partial charge >= 0.3 is 0 Å². The molecule has 2 nitrogen and oxygen atoms in total. The molecule has 2 aromatic heterocycles. The van der Waals surface area contributed by atoms with E-state index in [2.05, 4.69) is 33.9 Å². The van der Waals surface area contributed by atoms with Crippen LogP contribution in [0.5, 0.6) is 0 Å². The van der Waals surface area contributed by atoms with Gasteiger partial charge in [-0.15, -0.1) is 35.5 Å². The second kappa shape index (κ2) is 10.0. The van der Waals surface area contributed by atoms with Crippen molar-refractivity contribution in [3.05, 3.63) is 94.9 Å². The Labute approximate surface area is 172 Å². The lowest BCUT2D eigenvalue weighted by Crippen LogP contribution is -1.74. The monoisotopic (exact) mass is 396 g/mol. The zero-order chi connectivity index (χ0) is 19.6. The Bertz CT molecular complexity index is 1080. The quantitative estimate of drug-likeness (QED) is 0.290. The normalized spacial score (nSPS) is 9.36. The fraction of sp³-hybridized carbons (Fsp3) is 0. The number of para-hydroxylation sites is 2. The van der Waals surface area contributed by atoms with Crippen LogP contribution in [-0.4, -0.2) is 9.97 Å². The Hall–Kier alpha value is -3.44. The van der Waals surface area contributed by atoms with E-state index in [0.29, 0.717) is 0 Å². The van der Waals surface area contributed by atoms with E-state index < -0.39 is 0 Å². The third-order valence-corrected chi connectivity index (χ3v) is 5.31. The maximum absolute atomic E-state index is 5.14. The average molecular weight is 397 g/mol. The van der Waals surface area contributed by atoms with Crippen LogP contribution in [0.15, 0.2) is 83.8 Å². The molecule has 134 valence electrons. The molecule has 5 rings (SSSR count). The van der Waals surface area contributed by atoms with E-state index in [4.69, 9.17) is 12.8 Å². The van der Waals surface area contributed by atoms with E-state index in [9.17, 15) is 0 Å². The summed E-state index contributed by atoms with van der Waals surface area (Å²) in [6.45, 7) is 0. The number of fused-ring (bicyclic) bond motifs is 2. The minimum atomic E-state index is 0.860. The van der Waals surface area contributed by atoms with Gasteiger partial charge in [0.05, 0.1) is 31.5 Å². The van der Waals surface area contributed by atoms with E-state index in [1.807, 2.05) is 71.7 Å².